The summed E-state index contributed by atoms with van der Waals surface area (Å²) >= 11 is 0. The number of nitrogens with zero attached hydrogens (tertiary/aromatic N) is 2. The number of rotatable bonds is 4. The minimum atomic E-state index is 0.639. The molecule has 0 spiro atoms. The maximum absolute atomic E-state index is 3.15. The van der Waals surface area contributed by atoms with Crippen LogP contribution in [0.15, 0.2) is 24.3 Å². The molecule has 1 heterocycles. The van der Waals surface area contributed by atoms with Crippen molar-refractivity contribution in [3.63, 3.8) is 0 Å². The fraction of sp³-hybridized carbons (Fsp3) is 0.778. The molecule has 5 rings (SSSR count). The summed E-state index contributed by atoms with van der Waals surface area (Å²) in [5.74, 6) is 1.78. The Labute approximate surface area is 179 Å². The summed E-state index contributed by atoms with van der Waals surface area (Å²) in [7, 11) is 0. The van der Waals surface area contributed by atoms with Gasteiger partial charge in [0.05, 0.1) is 6.17 Å². The highest BCUT2D eigenvalue weighted by Crippen LogP contribution is 2.48. The van der Waals surface area contributed by atoms with Gasteiger partial charge in [-0.1, -0.05) is 63.1 Å². The topological polar surface area (TPSA) is 6.48 Å². The largest absolute Gasteiger partial charge is 0.351 e. The molecule has 1 aromatic rings. The highest BCUT2D eigenvalue weighted by Gasteiger charge is 2.53. The third kappa shape index (κ3) is 3.64. The lowest BCUT2D eigenvalue weighted by atomic mass is 9.85. The van der Waals surface area contributed by atoms with Crippen molar-refractivity contribution in [3.8, 4) is 0 Å². The lowest BCUT2D eigenvalue weighted by Crippen LogP contribution is -2.51. The highest BCUT2D eigenvalue weighted by molar-refractivity contribution is 5.56. The summed E-state index contributed by atoms with van der Waals surface area (Å²) in [6.45, 7) is 4.92. The molecule has 3 saturated carbocycles. The van der Waals surface area contributed by atoms with Gasteiger partial charge in [-0.15, -0.1) is 0 Å². The van der Waals surface area contributed by atoms with E-state index in [2.05, 4.69) is 47.9 Å². The molecule has 2 nitrogen and oxygen atoms in total. The van der Waals surface area contributed by atoms with E-state index in [1.54, 1.807) is 0 Å². The first-order chi connectivity index (χ1) is 14.3. The van der Waals surface area contributed by atoms with Crippen molar-refractivity contribution < 1.29 is 0 Å². The van der Waals surface area contributed by atoms with E-state index in [4.69, 9.17) is 0 Å². The van der Waals surface area contributed by atoms with E-state index in [1.165, 1.54) is 94.7 Å². The van der Waals surface area contributed by atoms with Crippen LogP contribution in [0.25, 0.3) is 0 Å². The molecule has 2 unspecified atom stereocenters. The molecule has 4 fully saturated rings. The van der Waals surface area contributed by atoms with Gasteiger partial charge in [0.25, 0.3) is 0 Å². The van der Waals surface area contributed by atoms with Gasteiger partial charge in [-0.25, -0.2) is 0 Å². The highest BCUT2D eigenvalue weighted by atomic mass is 15.5. The van der Waals surface area contributed by atoms with Crippen molar-refractivity contribution in [2.24, 2.45) is 11.8 Å². The number of anilines is 1. The summed E-state index contributed by atoms with van der Waals surface area (Å²) in [6, 6.07) is 11.5. The van der Waals surface area contributed by atoms with Gasteiger partial charge in [0.1, 0.15) is 0 Å². The molecule has 2 heteroatoms. The maximum Gasteiger partial charge on any atom is 0.0858 e. The molecule has 1 saturated heterocycles. The Morgan fingerprint density at radius 3 is 2.00 bits per heavy atom. The van der Waals surface area contributed by atoms with Gasteiger partial charge in [-0.05, 0) is 75.8 Å². The summed E-state index contributed by atoms with van der Waals surface area (Å²) in [6.07, 6.45) is 19.5. The van der Waals surface area contributed by atoms with Crippen molar-refractivity contribution in [3.05, 3.63) is 29.8 Å². The normalized spacial score (nSPS) is 33.2. The number of hydrogen-bond acceptors (Lipinski definition) is 2. The lowest BCUT2D eigenvalue weighted by molar-refractivity contribution is 0.0554. The first-order valence-electron chi connectivity index (χ1n) is 12.9. The van der Waals surface area contributed by atoms with Gasteiger partial charge >= 0.3 is 0 Å². The fourth-order valence-corrected chi connectivity index (χ4v) is 7.69. The van der Waals surface area contributed by atoms with Crippen LogP contribution in [0.5, 0.6) is 0 Å². The molecule has 0 aromatic heterocycles. The number of para-hydroxylation sites is 1. The van der Waals surface area contributed by atoms with Crippen molar-refractivity contribution in [1.82, 2.24) is 4.90 Å². The first-order valence-corrected chi connectivity index (χ1v) is 12.9. The van der Waals surface area contributed by atoms with Crippen molar-refractivity contribution in [1.29, 1.82) is 0 Å². The van der Waals surface area contributed by atoms with Crippen LogP contribution < -0.4 is 4.90 Å². The third-order valence-electron chi connectivity index (χ3n) is 8.96. The monoisotopic (exact) mass is 394 g/mol. The predicted molar refractivity (Wildman–Crippen MR) is 123 cm³/mol. The average Bonchev–Trinajstić information content (AvgIpc) is 3.49. The Morgan fingerprint density at radius 2 is 1.31 bits per heavy atom. The molecule has 160 valence electrons. The van der Waals surface area contributed by atoms with Crippen LogP contribution in [0.3, 0.4) is 0 Å². The molecule has 4 aliphatic rings. The number of aryl methyl sites for hydroxylation is 1. The summed E-state index contributed by atoms with van der Waals surface area (Å²) in [4.78, 5) is 6.09. The van der Waals surface area contributed by atoms with E-state index in [9.17, 15) is 0 Å². The molecule has 1 aliphatic heterocycles. The van der Waals surface area contributed by atoms with Gasteiger partial charge in [0, 0.05) is 23.8 Å². The van der Waals surface area contributed by atoms with Gasteiger partial charge in [0.2, 0.25) is 0 Å². The minimum Gasteiger partial charge on any atom is -0.351 e. The maximum atomic E-state index is 3.15. The standard InChI is InChI=1S/C27H42N2/c1-20-12-6-11-19-25(20)28-21(2)26(22-13-7-8-14-22)29(24-17-9-10-18-24)27(28)23-15-4-3-5-16-23/h6,11-12,19,21-24,26-27H,3-5,7-10,13-18H2,1-2H3/t21-,26?,27?/m0/s1. The van der Waals surface area contributed by atoms with Crippen molar-refractivity contribution in [2.75, 3.05) is 4.90 Å². The van der Waals surface area contributed by atoms with E-state index in [1.807, 2.05) is 0 Å². The van der Waals surface area contributed by atoms with Crippen molar-refractivity contribution in [2.45, 2.75) is 122 Å². The van der Waals surface area contributed by atoms with Gasteiger partial charge < -0.3 is 4.90 Å². The lowest BCUT2D eigenvalue weighted by Gasteiger charge is -2.43. The molecule has 0 N–H and O–H groups in total. The minimum absolute atomic E-state index is 0.639. The molecular formula is C27H42N2. The number of benzene rings is 1. The van der Waals surface area contributed by atoms with E-state index < -0.39 is 0 Å². The van der Waals surface area contributed by atoms with Gasteiger partial charge in [-0.3, -0.25) is 4.90 Å². The third-order valence-corrected chi connectivity index (χ3v) is 8.96. The van der Waals surface area contributed by atoms with Crippen LogP contribution in [0.2, 0.25) is 0 Å². The zero-order chi connectivity index (χ0) is 19.8. The van der Waals surface area contributed by atoms with Gasteiger partial charge in [0.15, 0.2) is 0 Å². The van der Waals surface area contributed by atoms with Crippen LogP contribution in [-0.4, -0.2) is 29.2 Å². The van der Waals surface area contributed by atoms with E-state index >= 15 is 0 Å². The molecule has 0 radical (unpaired) electrons. The van der Waals surface area contributed by atoms with E-state index in [0.717, 1.165) is 23.9 Å². The quantitative estimate of drug-likeness (QED) is 0.547. The summed E-state index contributed by atoms with van der Waals surface area (Å²) in [5.41, 5.74) is 3.00. The molecule has 1 aromatic carbocycles. The Balaban J connectivity index is 1.58. The Bertz CT molecular complexity index is 667. The molecule has 3 atom stereocenters. The van der Waals surface area contributed by atoms with E-state index in [0.29, 0.717) is 12.2 Å². The zero-order valence-electron chi connectivity index (χ0n) is 18.9. The predicted octanol–water partition coefficient (Wildman–Crippen LogP) is 6.91. The second-order valence-corrected chi connectivity index (χ2v) is 10.7. The second-order valence-electron chi connectivity index (χ2n) is 10.7. The van der Waals surface area contributed by atoms with Crippen LogP contribution in [0.1, 0.15) is 96.0 Å². The second kappa shape index (κ2) is 8.61. The van der Waals surface area contributed by atoms with E-state index in [-0.39, 0.29) is 0 Å². The SMILES string of the molecule is Cc1ccccc1N1C(C2CCCCC2)N(C2CCCC2)C(C2CCCC2)[C@@H]1C. The first kappa shape index (κ1) is 19.9. The molecule has 29 heavy (non-hydrogen) atoms. The Morgan fingerprint density at radius 1 is 0.724 bits per heavy atom. The van der Waals surface area contributed by atoms with Crippen LogP contribution >= 0.6 is 0 Å². The average molecular weight is 395 g/mol. The van der Waals surface area contributed by atoms with Crippen LogP contribution in [-0.2, 0) is 0 Å². The smallest absolute Gasteiger partial charge is 0.0858 e. The Kier molecular flexibility index (Phi) is 5.92. The molecular weight excluding hydrogens is 352 g/mol. The number of hydrogen-bond donors (Lipinski definition) is 0. The van der Waals surface area contributed by atoms with Crippen LogP contribution in [0, 0.1) is 18.8 Å². The molecule has 0 amide bonds. The zero-order valence-corrected chi connectivity index (χ0v) is 18.9. The molecule has 3 aliphatic carbocycles. The molecule has 0 bridgehead atoms. The van der Waals surface area contributed by atoms with Crippen LogP contribution in [0.4, 0.5) is 5.69 Å². The summed E-state index contributed by atoms with van der Waals surface area (Å²) in [5, 5.41) is 0. The van der Waals surface area contributed by atoms with Crippen molar-refractivity contribution >= 4 is 5.69 Å². The Hall–Kier alpha value is -1.02. The summed E-state index contributed by atoms with van der Waals surface area (Å²) < 4.78 is 0. The van der Waals surface area contributed by atoms with Gasteiger partial charge in [-0.2, -0.15) is 0 Å². The fourth-order valence-electron chi connectivity index (χ4n) is 7.69.